The summed E-state index contributed by atoms with van der Waals surface area (Å²) < 4.78 is 10.2. The second-order valence-corrected chi connectivity index (χ2v) is 5.47. The van der Waals surface area contributed by atoms with Gasteiger partial charge in [0.25, 0.3) is 0 Å². The highest BCUT2D eigenvalue weighted by Crippen LogP contribution is 2.34. The Kier molecular flexibility index (Phi) is 3.99. The summed E-state index contributed by atoms with van der Waals surface area (Å²) in [6.07, 6.45) is 0.306. The van der Waals surface area contributed by atoms with Gasteiger partial charge in [0, 0.05) is 26.8 Å². The van der Waals surface area contributed by atoms with Gasteiger partial charge in [-0.3, -0.25) is 0 Å². The predicted octanol–water partition coefficient (Wildman–Crippen LogP) is 1.78. The van der Waals surface area contributed by atoms with Crippen molar-refractivity contribution in [3.63, 3.8) is 0 Å². The Labute approximate surface area is 102 Å². The molecule has 5 heteroatoms. The molecule has 1 aliphatic rings. The summed E-state index contributed by atoms with van der Waals surface area (Å²) in [5.41, 5.74) is -0.943. The van der Waals surface area contributed by atoms with Crippen LogP contribution in [0, 0.1) is 16.7 Å². The van der Waals surface area contributed by atoms with Gasteiger partial charge in [-0.15, -0.1) is 0 Å². The number of amides is 1. The molecule has 1 heterocycles. The lowest BCUT2D eigenvalue weighted by molar-refractivity contribution is -0.0238. The summed E-state index contributed by atoms with van der Waals surface area (Å²) in [5.74, 6) is 0. The summed E-state index contributed by atoms with van der Waals surface area (Å²) >= 11 is 0. The minimum atomic E-state index is -0.492. The monoisotopic (exact) mass is 240 g/mol. The van der Waals surface area contributed by atoms with Crippen LogP contribution in [0.1, 0.15) is 27.2 Å². The van der Waals surface area contributed by atoms with E-state index in [0.29, 0.717) is 26.1 Å². The molecule has 0 unspecified atom stereocenters. The largest absolute Gasteiger partial charge is 0.444 e. The molecular formula is C12H20N2O3. The highest BCUT2D eigenvalue weighted by Gasteiger charge is 2.46. The quantitative estimate of drug-likeness (QED) is 0.754. The lowest BCUT2D eigenvalue weighted by Gasteiger charge is -2.45. The predicted molar refractivity (Wildman–Crippen MR) is 62.3 cm³/mol. The van der Waals surface area contributed by atoms with Crippen molar-refractivity contribution in [2.75, 3.05) is 26.8 Å². The summed E-state index contributed by atoms with van der Waals surface area (Å²) in [4.78, 5) is 13.2. The molecule has 0 bridgehead atoms. The third-order valence-electron chi connectivity index (χ3n) is 2.66. The topological polar surface area (TPSA) is 62.6 Å². The molecule has 0 N–H and O–H groups in total. The van der Waals surface area contributed by atoms with E-state index in [1.807, 2.05) is 20.8 Å². The second-order valence-electron chi connectivity index (χ2n) is 5.47. The summed E-state index contributed by atoms with van der Waals surface area (Å²) in [5, 5.41) is 9.11. The lowest BCUT2D eigenvalue weighted by atomic mass is 9.79. The van der Waals surface area contributed by atoms with Crippen molar-refractivity contribution in [3.05, 3.63) is 0 Å². The van der Waals surface area contributed by atoms with Crippen molar-refractivity contribution >= 4 is 6.09 Å². The zero-order valence-corrected chi connectivity index (χ0v) is 10.9. The van der Waals surface area contributed by atoms with Gasteiger partial charge in [0.05, 0.1) is 11.5 Å². The minimum Gasteiger partial charge on any atom is -0.444 e. The number of hydrogen-bond donors (Lipinski definition) is 0. The molecule has 0 aromatic heterocycles. The number of methoxy groups -OCH3 is 1. The van der Waals surface area contributed by atoms with Crippen molar-refractivity contribution < 1.29 is 14.3 Å². The molecular weight excluding hydrogens is 220 g/mol. The van der Waals surface area contributed by atoms with Gasteiger partial charge >= 0.3 is 6.09 Å². The maximum Gasteiger partial charge on any atom is 0.410 e. The van der Waals surface area contributed by atoms with Gasteiger partial charge in [-0.2, -0.15) is 5.26 Å². The Morgan fingerprint density at radius 3 is 2.47 bits per heavy atom. The summed E-state index contributed by atoms with van der Waals surface area (Å²) in [7, 11) is 1.61. The molecule has 0 saturated carbocycles. The van der Waals surface area contributed by atoms with Gasteiger partial charge in [0.2, 0.25) is 0 Å². The highest BCUT2D eigenvalue weighted by atomic mass is 16.6. The van der Waals surface area contributed by atoms with Crippen LogP contribution in [-0.2, 0) is 9.47 Å². The standard InChI is InChI=1S/C12H20N2O3/c1-11(2,3)17-10(15)14-8-12(7-13,9-14)5-6-16-4/h5-6,8-9H2,1-4H3. The van der Waals surface area contributed by atoms with E-state index in [1.165, 1.54) is 0 Å². The smallest absolute Gasteiger partial charge is 0.410 e. The average molecular weight is 240 g/mol. The van der Waals surface area contributed by atoms with Gasteiger partial charge in [0.15, 0.2) is 0 Å². The fourth-order valence-electron chi connectivity index (χ4n) is 1.72. The molecule has 1 aliphatic heterocycles. The molecule has 0 spiro atoms. The van der Waals surface area contributed by atoms with Crippen molar-refractivity contribution in [1.29, 1.82) is 5.26 Å². The first-order chi connectivity index (χ1) is 7.82. The van der Waals surface area contributed by atoms with Crippen LogP contribution < -0.4 is 0 Å². The number of hydrogen-bond acceptors (Lipinski definition) is 4. The summed E-state index contributed by atoms with van der Waals surface area (Å²) in [6, 6.07) is 2.27. The van der Waals surface area contributed by atoms with Gasteiger partial charge < -0.3 is 14.4 Å². The third kappa shape index (κ3) is 3.60. The average Bonchev–Trinajstić information content (AvgIpc) is 2.14. The zero-order valence-electron chi connectivity index (χ0n) is 10.9. The van der Waals surface area contributed by atoms with E-state index in [2.05, 4.69) is 6.07 Å². The molecule has 1 rings (SSSR count). The van der Waals surface area contributed by atoms with Crippen molar-refractivity contribution in [2.24, 2.45) is 5.41 Å². The van der Waals surface area contributed by atoms with Gasteiger partial charge in [0.1, 0.15) is 5.60 Å². The fraction of sp³-hybridized carbons (Fsp3) is 0.833. The molecule has 0 radical (unpaired) electrons. The SMILES string of the molecule is COCCC1(C#N)CN(C(=O)OC(C)(C)C)C1. The van der Waals surface area contributed by atoms with Crippen LogP contribution >= 0.6 is 0 Å². The first-order valence-electron chi connectivity index (χ1n) is 5.70. The van der Waals surface area contributed by atoms with E-state index < -0.39 is 11.0 Å². The molecule has 96 valence electrons. The Balaban J connectivity index is 2.44. The first kappa shape index (κ1) is 13.8. The summed E-state index contributed by atoms with van der Waals surface area (Å²) in [6.45, 7) is 6.88. The minimum absolute atomic E-state index is 0.346. The van der Waals surface area contributed by atoms with Crippen molar-refractivity contribution in [1.82, 2.24) is 4.90 Å². The number of carbonyl (C=O) groups excluding carboxylic acids is 1. The van der Waals surface area contributed by atoms with Crippen LogP contribution in [0.2, 0.25) is 0 Å². The lowest BCUT2D eigenvalue weighted by Crippen LogP contribution is -2.59. The fourth-order valence-corrected chi connectivity index (χ4v) is 1.72. The molecule has 0 aliphatic carbocycles. The second kappa shape index (κ2) is 4.92. The van der Waals surface area contributed by atoms with E-state index in [-0.39, 0.29) is 6.09 Å². The van der Waals surface area contributed by atoms with Crippen LogP contribution in [0.4, 0.5) is 4.79 Å². The van der Waals surface area contributed by atoms with Gasteiger partial charge in [-0.05, 0) is 27.2 Å². The van der Waals surface area contributed by atoms with E-state index in [9.17, 15) is 4.79 Å². The first-order valence-corrected chi connectivity index (χ1v) is 5.70. The van der Waals surface area contributed by atoms with Gasteiger partial charge in [-0.1, -0.05) is 0 Å². The molecule has 0 aromatic carbocycles. The molecule has 17 heavy (non-hydrogen) atoms. The third-order valence-corrected chi connectivity index (χ3v) is 2.66. The molecule has 1 amide bonds. The van der Waals surface area contributed by atoms with E-state index in [1.54, 1.807) is 12.0 Å². The van der Waals surface area contributed by atoms with E-state index in [0.717, 1.165) is 0 Å². The Morgan fingerprint density at radius 2 is 2.06 bits per heavy atom. The van der Waals surface area contributed by atoms with Crippen LogP contribution in [0.5, 0.6) is 0 Å². The van der Waals surface area contributed by atoms with Crippen LogP contribution in [0.15, 0.2) is 0 Å². The number of likely N-dealkylation sites (tertiary alicyclic amines) is 1. The number of nitrogens with zero attached hydrogens (tertiary/aromatic N) is 2. The number of ether oxygens (including phenoxy) is 2. The molecule has 0 aromatic rings. The molecule has 5 nitrogen and oxygen atoms in total. The number of carbonyl (C=O) groups is 1. The normalized spacial score (nSPS) is 18.2. The highest BCUT2D eigenvalue weighted by molar-refractivity contribution is 5.69. The molecule has 0 atom stereocenters. The number of rotatable bonds is 3. The number of nitriles is 1. The molecule has 1 fully saturated rings. The van der Waals surface area contributed by atoms with Crippen molar-refractivity contribution in [2.45, 2.75) is 32.8 Å². The van der Waals surface area contributed by atoms with Crippen LogP contribution in [0.3, 0.4) is 0 Å². The van der Waals surface area contributed by atoms with Gasteiger partial charge in [-0.25, -0.2) is 4.79 Å². The zero-order chi connectivity index (χ0) is 13.1. The Bertz CT molecular complexity index is 322. The Morgan fingerprint density at radius 1 is 1.47 bits per heavy atom. The maximum atomic E-state index is 11.7. The van der Waals surface area contributed by atoms with Crippen molar-refractivity contribution in [3.8, 4) is 6.07 Å². The van der Waals surface area contributed by atoms with E-state index >= 15 is 0 Å². The Hall–Kier alpha value is -1.28. The van der Waals surface area contributed by atoms with Crippen LogP contribution in [0.25, 0.3) is 0 Å². The van der Waals surface area contributed by atoms with Crippen LogP contribution in [-0.4, -0.2) is 43.4 Å². The van der Waals surface area contributed by atoms with E-state index in [4.69, 9.17) is 14.7 Å². The molecule has 1 saturated heterocycles. The maximum absolute atomic E-state index is 11.7.